The number of nitro benzene ring substituents is 1. The predicted molar refractivity (Wildman–Crippen MR) is 69.1 cm³/mol. The van der Waals surface area contributed by atoms with Crippen molar-refractivity contribution in [1.29, 1.82) is 0 Å². The van der Waals surface area contributed by atoms with Gasteiger partial charge < -0.3 is 9.84 Å². The van der Waals surface area contributed by atoms with E-state index in [1.54, 1.807) is 0 Å². The Balaban J connectivity index is 2.52. The summed E-state index contributed by atoms with van der Waals surface area (Å²) in [5, 5.41) is 19.9. The van der Waals surface area contributed by atoms with Gasteiger partial charge in [0.2, 0.25) is 5.75 Å². The van der Waals surface area contributed by atoms with Crippen molar-refractivity contribution >= 4 is 11.7 Å². The zero-order valence-corrected chi connectivity index (χ0v) is 10.7. The van der Waals surface area contributed by atoms with Crippen molar-refractivity contribution in [1.82, 2.24) is 4.98 Å². The summed E-state index contributed by atoms with van der Waals surface area (Å²) in [6.07, 6.45) is 2.37. The lowest BCUT2D eigenvalue weighted by molar-refractivity contribution is -0.385. The van der Waals surface area contributed by atoms with Gasteiger partial charge in [-0.15, -0.1) is 0 Å². The van der Waals surface area contributed by atoms with Gasteiger partial charge in [-0.3, -0.25) is 15.1 Å². The molecule has 2 rings (SSSR count). The maximum atomic E-state index is 13.4. The zero-order valence-electron chi connectivity index (χ0n) is 10.7. The molecule has 0 atom stereocenters. The van der Waals surface area contributed by atoms with E-state index in [1.165, 1.54) is 19.2 Å². The maximum Gasteiger partial charge on any atom is 0.339 e. The Bertz CT molecular complexity index is 732. The van der Waals surface area contributed by atoms with Crippen molar-refractivity contribution in [2.75, 3.05) is 0 Å². The quantitative estimate of drug-likeness (QED) is 0.686. The number of nitro groups is 1. The summed E-state index contributed by atoms with van der Waals surface area (Å²) in [7, 11) is 0. The fourth-order valence-corrected chi connectivity index (χ4v) is 1.63. The molecule has 0 saturated carbocycles. The molecular formula is C13H9FN2O5. The smallest absolute Gasteiger partial charge is 0.339 e. The first kappa shape index (κ1) is 14.4. The number of carboxylic acids is 1. The van der Waals surface area contributed by atoms with E-state index >= 15 is 0 Å². The number of aromatic carboxylic acids is 1. The molecule has 0 spiro atoms. The summed E-state index contributed by atoms with van der Waals surface area (Å²) in [6, 6.07) is 3.05. The molecule has 7 nitrogen and oxygen atoms in total. The van der Waals surface area contributed by atoms with Crippen LogP contribution in [0, 0.1) is 22.9 Å². The Kier molecular flexibility index (Phi) is 3.79. The predicted octanol–water partition coefficient (Wildman–Crippen LogP) is 2.93. The van der Waals surface area contributed by atoms with E-state index < -0.39 is 22.4 Å². The second-order valence-electron chi connectivity index (χ2n) is 4.11. The molecule has 0 fully saturated rings. The van der Waals surface area contributed by atoms with E-state index in [9.17, 15) is 19.3 Å². The van der Waals surface area contributed by atoms with Gasteiger partial charge in [-0.2, -0.15) is 0 Å². The minimum absolute atomic E-state index is 0.136. The number of benzene rings is 1. The third-order valence-corrected chi connectivity index (χ3v) is 2.67. The number of carboxylic acid groups (broad SMARTS) is 1. The summed E-state index contributed by atoms with van der Waals surface area (Å²) < 4.78 is 18.6. The molecule has 21 heavy (non-hydrogen) atoms. The van der Waals surface area contributed by atoms with E-state index in [4.69, 9.17) is 9.84 Å². The Morgan fingerprint density at radius 1 is 1.43 bits per heavy atom. The maximum absolute atomic E-state index is 13.4. The van der Waals surface area contributed by atoms with Crippen LogP contribution in [-0.4, -0.2) is 21.0 Å². The van der Waals surface area contributed by atoms with Crippen molar-refractivity contribution < 1.29 is 24.0 Å². The molecule has 2 aromatic rings. The molecule has 0 amide bonds. The lowest BCUT2D eigenvalue weighted by Gasteiger charge is -2.09. The van der Waals surface area contributed by atoms with E-state index in [0.29, 0.717) is 0 Å². The summed E-state index contributed by atoms with van der Waals surface area (Å²) in [4.78, 5) is 24.9. The van der Waals surface area contributed by atoms with Gasteiger partial charge in [0.1, 0.15) is 11.4 Å². The average molecular weight is 292 g/mol. The molecule has 0 aliphatic heterocycles. The minimum Gasteiger partial charge on any atom is -0.478 e. The molecule has 0 aliphatic carbocycles. The van der Waals surface area contributed by atoms with Crippen LogP contribution in [0.4, 0.5) is 10.1 Å². The second-order valence-corrected chi connectivity index (χ2v) is 4.11. The number of pyridine rings is 1. The van der Waals surface area contributed by atoms with Gasteiger partial charge in [-0.25, -0.2) is 9.18 Å². The van der Waals surface area contributed by atoms with Gasteiger partial charge in [-0.1, -0.05) is 0 Å². The SMILES string of the molecule is Cc1cc(Oc2cnccc2C(=O)O)c([N+](=O)[O-])cc1F. The number of hydrogen-bond donors (Lipinski definition) is 1. The third kappa shape index (κ3) is 2.94. The minimum atomic E-state index is -1.27. The lowest BCUT2D eigenvalue weighted by Crippen LogP contribution is -2.02. The number of halogens is 1. The van der Waals surface area contributed by atoms with Crippen LogP contribution in [0.25, 0.3) is 0 Å². The second kappa shape index (κ2) is 5.53. The zero-order chi connectivity index (χ0) is 15.6. The molecule has 0 saturated heterocycles. The molecule has 0 aliphatic rings. The van der Waals surface area contributed by atoms with Crippen LogP contribution in [0.15, 0.2) is 30.6 Å². The number of aromatic nitrogens is 1. The molecular weight excluding hydrogens is 283 g/mol. The van der Waals surface area contributed by atoms with Gasteiger partial charge in [0.05, 0.1) is 17.2 Å². The summed E-state index contributed by atoms with van der Waals surface area (Å²) in [6.45, 7) is 1.41. The van der Waals surface area contributed by atoms with Crippen LogP contribution in [0.3, 0.4) is 0 Å². The van der Waals surface area contributed by atoms with Gasteiger partial charge in [-0.05, 0) is 24.6 Å². The summed E-state index contributed by atoms with van der Waals surface area (Å²) in [5.74, 6) is -2.44. The Hall–Kier alpha value is -3.03. The van der Waals surface area contributed by atoms with Crippen LogP contribution in [0.2, 0.25) is 0 Å². The Morgan fingerprint density at radius 3 is 2.76 bits per heavy atom. The monoisotopic (exact) mass is 292 g/mol. The molecule has 0 unspecified atom stereocenters. The number of ether oxygens (including phenoxy) is 1. The van der Waals surface area contributed by atoms with E-state index in [-0.39, 0.29) is 22.6 Å². The first-order valence-electron chi connectivity index (χ1n) is 5.70. The van der Waals surface area contributed by atoms with Gasteiger partial charge in [0, 0.05) is 6.20 Å². The highest BCUT2D eigenvalue weighted by atomic mass is 19.1. The van der Waals surface area contributed by atoms with Crippen molar-refractivity contribution in [2.45, 2.75) is 6.92 Å². The highest BCUT2D eigenvalue weighted by Crippen LogP contribution is 2.34. The molecule has 1 aromatic carbocycles. The van der Waals surface area contributed by atoms with Crippen molar-refractivity contribution in [3.05, 3.63) is 57.7 Å². The normalized spacial score (nSPS) is 10.2. The largest absolute Gasteiger partial charge is 0.478 e. The fourth-order valence-electron chi connectivity index (χ4n) is 1.63. The molecule has 1 heterocycles. The standard InChI is InChI=1S/C13H9FN2O5/c1-7-4-11(10(16(19)20)5-9(7)14)21-12-6-15-3-2-8(12)13(17)18/h2-6H,1H3,(H,17,18). The third-order valence-electron chi connectivity index (χ3n) is 2.67. The number of carbonyl (C=O) groups is 1. The van der Waals surface area contributed by atoms with Crippen molar-refractivity contribution in [3.63, 3.8) is 0 Å². The first-order chi connectivity index (χ1) is 9.90. The van der Waals surface area contributed by atoms with Gasteiger partial charge >= 0.3 is 11.7 Å². The molecule has 0 bridgehead atoms. The fraction of sp³-hybridized carbons (Fsp3) is 0.0769. The van der Waals surface area contributed by atoms with E-state index in [2.05, 4.69) is 4.98 Å². The highest BCUT2D eigenvalue weighted by molar-refractivity contribution is 5.90. The summed E-state index contributed by atoms with van der Waals surface area (Å²) in [5.41, 5.74) is -0.670. The average Bonchev–Trinajstić information content (AvgIpc) is 2.42. The number of nitrogens with zero attached hydrogens (tertiary/aromatic N) is 2. The Labute approximate surface area is 117 Å². The molecule has 0 radical (unpaired) electrons. The molecule has 108 valence electrons. The van der Waals surface area contributed by atoms with Crippen LogP contribution in [0.5, 0.6) is 11.5 Å². The number of aryl methyl sites for hydroxylation is 1. The Morgan fingerprint density at radius 2 is 2.14 bits per heavy atom. The van der Waals surface area contributed by atoms with Crippen LogP contribution < -0.4 is 4.74 Å². The van der Waals surface area contributed by atoms with Crippen LogP contribution in [-0.2, 0) is 0 Å². The van der Waals surface area contributed by atoms with Crippen molar-refractivity contribution in [2.24, 2.45) is 0 Å². The van der Waals surface area contributed by atoms with Crippen LogP contribution >= 0.6 is 0 Å². The topological polar surface area (TPSA) is 103 Å². The van der Waals surface area contributed by atoms with Gasteiger partial charge in [0.15, 0.2) is 5.75 Å². The highest BCUT2D eigenvalue weighted by Gasteiger charge is 2.21. The van der Waals surface area contributed by atoms with Gasteiger partial charge in [0.25, 0.3) is 0 Å². The number of rotatable bonds is 4. The summed E-state index contributed by atoms with van der Waals surface area (Å²) >= 11 is 0. The molecule has 8 heteroatoms. The lowest BCUT2D eigenvalue weighted by atomic mass is 10.2. The molecule has 1 aromatic heterocycles. The first-order valence-corrected chi connectivity index (χ1v) is 5.70. The number of hydrogen-bond acceptors (Lipinski definition) is 5. The molecule has 1 N–H and O–H groups in total. The van der Waals surface area contributed by atoms with Crippen molar-refractivity contribution in [3.8, 4) is 11.5 Å². The van der Waals surface area contributed by atoms with E-state index in [1.807, 2.05) is 0 Å². The van der Waals surface area contributed by atoms with E-state index in [0.717, 1.165) is 18.3 Å². The van der Waals surface area contributed by atoms with Crippen LogP contribution in [0.1, 0.15) is 15.9 Å².